The number of para-hydroxylation sites is 1. The van der Waals surface area contributed by atoms with Gasteiger partial charge >= 0.3 is 0 Å². The number of benzene rings is 1. The van der Waals surface area contributed by atoms with Crippen LogP contribution >= 0.6 is 0 Å². The zero-order valence-corrected chi connectivity index (χ0v) is 11.8. The molecular formula is C15H19N3O2. The van der Waals surface area contributed by atoms with Crippen LogP contribution in [0.1, 0.15) is 23.8 Å². The minimum Gasteiger partial charge on any atom is -0.393 e. The smallest absolute Gasteiger partial charge is 0.275 e. The molecule has 0 radical (unpaired) electrons. The maximum absolute atomic E-state index is 12.6. The van der Waals surface area contributed by atoms with Gasteiger partial charge in [-0.3, -0.25) is 9.48 Å². The third-order valence-corrected chi connectivity index (χ3v) is 4.11. The molecule has 5 heteroatoms. The summed E-state index contributed by atoms with van der Waals surface area (Å²) >= 11 is 0. The molecule has 0 bridgehead atoms. The number of hydrogen-bond donors (Lipinski definition) is 1. The monoisotopic (exact) mass is 273 g/mol. The molecule has 1 aliphatic heterocycles. The van der Waals surface area contributed by atoms with Gasteiger partial charge in [-0.1, -0.05) is 25.1 Å². The van der Waals surface area contributed by atoms with E-state index in [0.717, 1.165) is 10.9 Å². The van der Waals surface area contributed by atoms with Crippen LogP contribution in [0.4, 0.5) is 0 Å². The van der Waals surface area contributed by atoms with Gasteiger partial charge in [0.1, 0.15) is 0 Å². The Morgan fingerprint density at radius 2 is 2.15 bits per heavy atom. The second kappa shape index (κ2) is 4.90. The second-order valence-corrected chi connectivity index (χ2v) is 5.57. The topological polar surface area (TPSA) is 58.4 Å². The Morgan fingerprint density at radius 3 is 2.90 bits per heavy atom. The van der Waals surface area contributed by atoms with Gasteiger partial charge in [-0.05, 0) is 18.4 Å². The number of nitrogens with zero attached hydrogens (tertiary/aromatic N) is 3. The van der Waals surface area contributed by atoms with Gasteiger partial charge in [0.15, 0.2) is 5.69 Å². The normalized spacial score (nSPS) is 23.2. The molecule has 0 saturated carbocycles. The summed E-state index contributed by atoms with van der Waals surface area (Å²) in [4.78, 5) is 14.4. The van der Waals surface area contributed by atoms with Crippen LogP contribution in [0.3, 0.4) is 0 Å². The van der Waals surface area contributed by atoms with Crippen LogP contribution in [0, 0.1) is 5.92 Å². The standard InChI is InChI=1S/C15H19N3O2/c1-10-9-18(8-7-13(10)19)15(20)14-11-5-3-4-6-12(11)17(2)16-14/h3-6,10,13,19H,7-9H2,1-2H3. The molecule has 1 aromatic heterocycles. The van der Waals surface area contributed by atoms with Crippen molar-refractivity contribution in [2.45, 2.75) is 19.4 Å². The molecule has 2 atom stereocenters. The molecule has 2 unspecified atom stereocenters. The van der Waals surface area contributed by atoms with E-state index in [4.69, 9.17) is 0 Å². The zero-order chi connectivity index (χ0) is 14.3. The van der Waals surface area contributed by atoms with Crippen molar-refractivity contribution in [1.29, 1.82) is 0 Å². The van der Waals surface area contributed by atoms with Crippen molar-refractivity contribution < 1.29 is 9.90 Å². The van der Waals surface area contributed by atoms with Gasteiger partial charge in [-0.25, -0.2) is 0 Å². The van der Waals surface area contributed by atoms with Gasteiger partial charge in [-0.15, -0.1) is 0 Å². The minimum atomic E-state index is -0.306. The van der Waals surface area contributed by atoms with Crippen LogP contribution in [0.2, 0.25) is 0 Å². The summed E-state index contributed by atoms with van der Waals surface area (Å²) in [5.41, 5.74) is 1.47. The first kappa shape index (κ1) is 13.1. The maximum Gasteiger partial charge on any atom is 0.275 e. The third kappa shape index (κ3) is 2.08. The Morgan fingerprint density at radius 1 is 1.40 bits per heavy atom. The largest absolute Gasteiger partial charge is 0.393 e. The lowest BCUT2D eigenvalue weighted by Crippen LogP contribution is -2.45. The third-order valence-electron chi connectivity index (χ3n) is 4.11. The van der Waals surface area contributed by atoms with Gasteiger partial charge in [0, 0.05) is 25.5 Å². The Balaban J connectivity index is 1.93. The van der Waals surface area contributed by atoms with Crippen LogP contribution in [-0.2, 0) is 7.05 Å². The van der Waals surface area contributed by atoms with E-state index >= 15 is 0 Å². The summed E-state index contributed by atoms with van der Waals surface area (Å²) < 4.78 is 1.74. The number of rotatable bonds is 1. The molecule has 20 heavy (non-hydrogen) atoms. The first-order valence-electron chi connectivity index (χ1n) is 6.97. The number of carbonyl (C=O) groups excluding carboxylic acids is 1. The molecule has 1 saturated heterocycles. The lowest BCUT2D eigenvalue weighted by molar-refractivity contribution is 0.0295. The predicted octanol–water partition coefficient (Wildman–Crippen LogP) is 1.42. The molecule has 1 aliphatic rings. The van der Waals surface area contributed by atoms with E-state index in [-0.39, 0.29) is 17.9 Å². The molecule has 106 valence electrons. The minimum absolute atomic E-state index is 0.0412. The molecule has 5 nitrogen and oxygen atoms in total. The first-order valence-corrected chi connectivity index (χ1v) is 6.97. The highest BCUT2D eigenvalue weighted by atomic mass is 16.3. The van der Waals surface area contributed by atoms with Gasteiger partial charge in [0.2, 0.25) is 0 Å². The number of piperidine rings is 1. The summed E-state index contributed by atoms with van der Waals surface area (Å²) in [6.07, 6.45) is 0.331. The van der Waals surface area contributed by atoms with E-state index in [1.165, 1.54) is 0 Å². The highest BCUT2D eigenvalue weighted by molar-refractivity contribution is 6.04. The van der Waals surface area contributed by atoms with Crippen LogP contribution in [0.5, 0.6) is 0 Å². The van der Waals surface area contributed by atoms with Gasteiger partial charge < -0.3 is 10.0 Å². The van der Waals surface area contributed by atoms with E-state index in [1.54, 1.807) is 9.58 Å². The predicted molar refractivity (Wildman–Crippen MR) is 76.4 cm³/mol. The fraction of sp³-hybridized carbons (Fsp3) is 0.467. The highest BCUT2D eigenvalue weighted by Crippen LogP contribution is 2.22. The second-order valence-electron chi connectivity index (χ2n) is 5.57. The lowest BCUT2D eigenvalue weighted by Gasteiger charge is -2.34. The highest BCUT2D eigenvalue weighted by Gasteiger charge is 2.29. The molecule has 2 heterocycles. The van der Waals surface area contributed by atoms with E-state index in [2.05, 4.69) is 5.10 Å². The Hall–Kier alpha value is -1.88. The number of amides is 1. The number of aromatic nitrogens is 2. The van der Waals surface area contributed by atoms with Crippen molar-refractivity contribution >= 4 is 16.8 Å². The number of likely N-dealkylation sites (tertiary alicyclic amines) is 1. The van der Waals surface area contributed by atoms with Crippen LogP contribution in [-0.4, -0.2) is 44.9 Å². The number of aliphatic hydroxyl groups excluding tert-OH is 1. The van der Waals surface area contributed by atoms with Gasteiger partial charge in [0.05, 0.1) is 11.6 Å². The van der Waals surface area contributed by atoms with E-state index in [9.17, 15) is 9.90 Å². The Labute approximate surface area is 117 Å². The van der Waals surface area contributed by atoms with Crippen LogP contribution < -0.4 is 0 Å². The number of carbonyl (C=O) groups is 1. The molecule has 0 spiro atoms. The van der Waals surface area contributed by atoms with Crippen molar-refractivity contribution in [2.75, 3.05) is 13.1 Å². The van der Waals surface area contributed by atoms with Crippen LogP contribution in [0.15, 0.2) is 24.3 Å². The molecule has 0 aliphatic carbocycles. The summed E-state index contributed by atoms with van der Waals surface area (Å²) in [5.74, 6) is 0.0724. The van der Waals surface area contributed by atoms with E-state index in [1.807, 2.05) is 38.2 Å². The van der Waals surface area contributed by atoms with E-state index in [0.29, 0.717) is 25.2 Å². The quantitative estimate of drug-likeness (QED) is 0.855. The van der Waals surface area contributed by atoms with Gasteiger partial charge in [0.25, 0.3) is 5.91 Å². The summed E-state index contributed by atoms with van der Waals surface area (Å²) in [6, 6.07) is 7.75. The van der Waals surface area contributed by atoms with Crippen molar-refractivity contribution in [3.8, 4) is 0 Å². The average molecular weight is 273 g/mol. The lowest BCUT2D eigenvalue weighted by atomic mass is 9.96. The molecular weight excluding hydrogens is 254 g/mol. The van der Waals surface area contributed by atoms with E-state index < -0.39 is 0 Å². The zero-order valence-electron chi connectivity index (χ0n) is 11.8. The SMILES string of the molecule is CC1CN(C(=O)c2nn(C)c3ccccc23)CCC1O. The van der Waals surface area contributed by atoms with Crippen molar-refractivity contribution in [3.05, 3.63) is 30.0 Å². The van der Waals surface area contributed by atoms with Crippen LogP contribution in [0.25, 0.3) is 10.9 Å². The summed E-state index contributed by atoms with van der Waals surface area (Å²) in [5, 5.41) is 15.0. The van der Waals surface area contributed by atoms with Gasteiger partial charge in [-0.2, -0.15) is 5.10 Å². The molecule has 2 aromatic rings. The van der Waals surface area contributed by atoms with Crippen molar-refractivity contribution in [2.24, 2.45) is 13.0 Å². The summed E-state index contributed by atoms with van der Waals surface area (Å²) in [6.45, 7) is 3.15. The average Bonchev–Trinajstić information content (AvgIpc) is 2.79. The Kier molecular flexibility index (Phi) is 3.22. The number of fused-ring (bicyclic) bond motifs is 1. The number of aryl methyl sites for hydroxylation is 1. The molecule has 1 fully saturated rings. The number of hydrogen-bond acceptors (Lipinski definition) is 3. The molecule has 1 N–H and O–H groups in total. The maximum atomic E-state index is 12.6. The van der Waals surface area contributed by atoms with Crippen molar-refractivity contribution in [3.63, 3.8) is 0 Å². The van der Waals surface area contributed by atoms with Crippen molar-refractivity contribution in [1.82, 2.24) is 14.7 Å². The molecule has 1 amide bonds. The first-order chi connectivity index (χ1) is 9.58. The fourth-order valence-corrected chi connectivity index (χ4v) is 2.84. The summed E-state index contributed by atoms with van der Waals surface area (Å²) in [7, 11) is 1.85. The fourth-order valence-electron chi connectivity index (χ4n) is 2.84. The number of aliphatic hydroxyl groups is 1. The Bertz CT molecular complexity index is 650. The molecule has 1 aromatic carbocycles. The molecule has 3 rings (SSSR count).